The Balaban J connectivity index is 2.57. The molecule has 1 aromatic carbocycles. The molecule has 0 unspecified atom stereocenters. The Bertz CT molecular complexity index is 540. The van der Waals surface area contributed by atoms with Gasteiger partial charge in [-0.05, 0) is 38.1 Å². The fourth-order valence-electron chi connectivity index (χ4n) is 1.58. The van der Waals surface area contributed by atoms with Crippen LogP contribution in [0, 0.1) is 0 Å². The molecule has 6 nitrogen and oxygen atoms in total. The lowest BCUT2D eigenvalue weighted by Gasteiger charge is -2.24. The largest absolute Gasteiger partial charge is 0.481 e. The number of nitrogens with one attached hydrogen (secondary N) is 2. The second-order valence-electron chi connectivity index (χ2n) is 5.03. The smallest absolute Gasteiger partial charge is 0.320 e. The summed E-state index contributed by atoms with van der Waals surface area (Å²) in [6.45, 7) is 3.08. The summed E-state index contributed by atoms with van der Waals surface area (Å²) in [7, 11) is 0. The monoisotopic (exact) mass is 356 g/mol. The highest BCUT2D eigenvalue weighted by Gasteiger charge is 2.29. The van der Waals surface area contributed by atoms with Crippen LogP contribution in [-0.4, -0.2) is 28.4 Å². The number of rotatable bonds is 6. The molecule has 1 aromatic rings. The summed E-state index contributed by atoms with van der Waals surface area (Å²) in [5.41, 5.74) is -0.543. The normalized spacial score (nSPS) is 10.8. The van der Waals surface area contributed by atoms with Gasteiger partial charge in [-0.2, -0.15) is 0 Å². The minimum Gasteiger partial charge on any atom is -0.481 e. The van der Waals surface area contributed by atoms with E-state index in [0.29, 0.717) is 5.69 Å². The Kier molecular flexibility index (Phi) is 5.90. The Hall–Kier alpha value is -1.89. The predicted octanol–water partition coefficient (Wildman–Crippen LogP) is 2.78. The number of carboxylic acids is 1. The number of benzene rings is 1. The summed E-state index contributed by atoms with van der Waals surface area (Å²) in [6.07, 6.45) is -0.376. The van der Waals surface area contributed by atoms with Crippen molar-refractivity contribution >= 4 is 39.4 Å². The van der Waals surface area contributed by atoms with Crippen LogP contribution in [0.2, 0.25) is 0 Å². The highest BCUT2D eigenvalue weighted by Crippen LogP contribution is 2.15. The number of hydrogen-bond donors (Lipinski definition) is 3. The molecule has 0 aliphatic carbocycles. The van der Waals surface area contributed by atoms with Gasteiger partial charge in [0.1, 0.15) is 0 Å². The molecule has 114 valence electrons. The van der Waals surface area contributed by atoms with Gasteiger partial charge in [-0.3, -0.25) is 9.59 Å². The minimum absolute atomic E-state index is 0.124. The van der Waals surface area contributed by atoms with Crippen LogP contribution in [0.1, 0.15) is 26.7 Å². The van der Waals surface area contributed by atoms with Gasteiger partial charge in [-0.15, -0.1) is 0 Å². The van der Waals surface area contributed by atoms with Crippen molar-refractivity contribution in [3.8, 4) is 0 Å². The van der Waals surface area contributed by atoms with E-state index in [9.17, 15) is 14.4 Å². The molecule has 0 saturated carbocycles. The molecular weight excluding hydrogens is 340 g/mol. The molecule has 0 saturated heterocycles. The molecule has 2 amide bonds. The molecule has 0 aliphatic rings. The van der Waals surface area contributed by atoms with Gasteiger partial charge in [0.05, 0.1) is 12.0 Å². The molecule has 0 heterocycles. The van der Waals surface area contributed by atoms with Crippen LogP contribution in [0.5, 0.6) is 0 Å². The number of carbonyl (C=O) groups excluding carboxylic acids is 2. The Morgan fingerprint density at radius 1 is 1.14 bits per heavy atom. The minimum atomic E-state index is -1.13. The number of halogens is 1. The van der Waals surface area contributed by atoms with Crippen LogP contribution in [0.25, 0.3) is 0 Å². The number of aliphatic carboxylic acids is 1. The average molecular weight is 357 g/mol. The Morgan fingerprint density at radius 2 is 1.71 bits per heavy atom. The predicted molar refractivity (Wildman–Crippen MR) is 82.3 cm³/mol. The molecule has 0 atom stereocenters. The second kappa shape index (κ2) is 7.21. The van der Waals surface area contributed by atoms with E-state index in [-0.39, 0.29) is 18.6 Å². The van der Waals surface area contributed by atoms with Gasteiger partial charge in [0.2, 0.25) is 0 Å². The van der Waals surface area contributed by atoms with Crippen LogP contribution in [0.15, 0.2) is 28.7 Å². The van der Waals surface area contributed by atoms with E-state index in [0.717, 1.165) is 4.47 Å². The van der Waals surface area contributed by atoms with Crippen LogP contribution in [0.4, 0.5) is 10.5 Å². The summed E-state index contributed by atoms with van der Waals surface area (Å²) < 4.78 is 0.887. The SMILES string of the molecule is CC(C)(NC(=O)Nc1ccc(Br)cc1)C(=O)CCC(=O)O. The van der Waals surface area contributed by atoms with Gasteiger partial charge >= 0.3 is 12.0 Å². The summed E-state index contributed by atoms with van der Waals surface area (Å²) in [5, 5.41) is 13.7. The maximum absolute atomic E-state index is 11.9. The van der Waals surface area contributed by atoms with Crippen molar-refractivity contribution < 1.29 is 19.5 Å². The first-order valence-electron chi connectivity index (χ1n) is 6.30. The number of hydrogen-bond acceptors (Lipinski definition) is 3. The van der Waals surface area contributed by atoms with Crippen LogP contribution in [-0.2, 0) is 9.59 Å². The first-order valence-corrected chi connectivity index (χ1v) is 7.10. The Labute approximate surface area is 131 Å². The molecule has 0 aliphatic heterocycles. The Morgan fingerprint density at radius 3 is 2.24 bits per heavy atom. The number of ketones is 1. The summed E-state index contributed by atoms with van der Waals surface area (Å²) in [4.78, 5) is 34.2. The molecule has 0 radical (unpaired) electrons. The van der Waals surface area contributed by atoms with Crippen molar-refractivity contribution in [3.63, 3.8) is 0 Å². The molecule has 0 aromatic heterocycles. The van der Waals surface area contributed by atoms with E-state index in [2.05, 4.69) is 26.6 Å². The summed E-state index contributed by atoms with van der Waals surface area (Å²) in [5.74, 6) is -1.38. The van der Waals surface area contributed by atoms with Gasteiger partial charge < -0.3 is 15.7 Å². The van der Waals surface area contributed by atoms with E-state index >= 15 is 0 Å². The quantitative estimate of drug-likeness (QED) is 0.730. The van der Waals surface area contributed by atoms with Crippen molar-refractivity contribution in [2.45, 2.75) is 32.2 Å². The summed E-state index contributed by atoms with van der Waals surface area (Å²) in [6, 6.07) is 6.45. The van der Waals surface area contributed by atoms with E-state index in [1.165, 1.54) is 0 Å². The third-order valence-electron chi connectivity index (χ3n) is 2.79. The number of amides is 2. The highest BCUT2D eigenvalue weighted by molar-refractivity contribution is 9.10. The number of carbonyl (C=O) groups is 3. The van der Waals surface area contributed by atoms with Crippen molar-refractivity contribution in [1.82, 2.24) is 5.32 Å². The zero-order chi connectivity index (χ0) is 16.0. The molecule has 7 heteroatoms. The zero-order valence-electron chi connectivity index (χ0n) is 11.8. The molecule has 3 N–H and O–H groups in total. The summed E-state index contributed by atoms with van der Waals surface area (Å²) >= 11 is 3.29. The van der Waals surface area contributed by atoms with Crippen LogP contribution < -0.4 is 10.6 Å². The standard InChI is InChI=1S/C14H17BrN2O4/c1-14(2,11(18)7-8-12(19)20)17-13(21)16-10-5-3-9(15)4-6-10/h3-6H,7-8H2,1-2H3,(H,19,20)(H2,16,17,21). The lowest BCUT2D eigenvalue weighted by molar-refractivity contribution is -0.139. The fraction of sp³-hybridized carbons (Fsp3) is 0.357. The third kappa shape index (κ3) is 5.95. The van der Waals surface area contributed by atoms with E-state index in [1.54, 1.807) is 38.1 Å². The van der Waals surface area contributed by atoms with Crippen molar-refractivity contribution in [1.29, 1.82) is 0 Å². The molecule has 21 heavy (non-hydrogen) atoms. The van der Waals surface area contributed by atoms with Gasteiger partial charge in [0, 0.05) is 16.6 Å². The number of carboxylic acid groups (broad SMARTS) is 1. The van der Waals surface area contributed by atoms with Crippen molar-refractivity contribution in [3.05, 3.63) is 28.7 Å². The van der Waals surface area contributed by atoms with Gasteiger partial charge in [-0.1, -0.05) is 15.9 Å². The van der Waals surface area contributed by atoms with Crippen LogP contribution >= 0.6 is 15.9 Å². The average Bonchev–Trinajstić information content (AvgIpc) is 2.37. The maximum Gasteiger partial charge on any atom is 0.320 e. The zero-order valence-corrected chi connectivity index (χ0v) is 13.4. The van der Waals surface area contributed by atoms with Gasteiger partial charge in [0.15, 0.2) is 5.78 Å². The lowest BCUT2D eigenvalue weighted by Crippen LogP contribution is -2.51. The van der Waals surface area contributed by atoms with Gasteiger partial charge in [-0.25, -0.2) is 4.79 Å². The maximum atomic E-state index is 11.9. The van der Waals surface area contributed by atoms with Crippen molar-refractivity contribution in [2.75, 3.05) is 5.32 Å². The molecule has 1 rings (SSSR count). The van der Waals surface area contributed by atoms with E-state index < -0.39 is 17.5 Å². The number of Topliss-reactive ketones (excluding diaryl/α,β-unsaturated/α-hetero) is 1. The first kappa shape index (κ1) is 17.2. The van der Waals surface area contributed by atoms with E-state index in [1.807, 2.05) is 0 Å². The molecular formula is C14H17BrN2O4. The van der Waals surface area contributed by atoms with Crippen molar-refractivity contribution in [2.24, 2.45) is 0 Å². The van der Waals surface area contributed by atoms with E-state index in [4.69, 9.17) is 5.11 Å². The topological polar surface area (TPSA) is 95.5 Å². The number of urea groups is 1. The number of anilines is 1. The van der Waals surface area contributed by atoms with Crippen LogP contribution in [0.3, 0.4) is 0 Å². The molecule has 0 bridgehead atoms. The third-order valence-corrected chi connectivity index (χ3v) is 3.32. The highest BCUT2D eigenvalue weighted by atomic mass is 79.9. The molecule has 0 spiro atoms. The lowest BCUT2D eigenvalue weighted by atomic mass is 9.95. The first-order chi connectivity index (χ1) is 9.70. The van der Waals surface area contributed by atoms with Gasteiger partial charge in [0.25, 0.3) is 0 Å². The second-order valence-corrected chi connectivity index (χ2v) is 5.94. The molecule has 0 fully saturated rings. The fourth-order valence-corrected chi connectivity index (χ4v) is 1.85.